The summed E-state index contributed by atoms with van der Waals surface area (Å²) in [5.41, 5.74) is 7.91. The van der Waals surface area contributed by atoms with Crippen molar-refractivity contribution in [2.75, 3.05) is 5.32 Å². The Kier molecular flexibility index (Phi) is 5.61. The van der Waals surface area contributed by atoms with Crippen molar-refractivity contribution in [2.45, 2.75) is 6.92 Å². The van der Waals surface area contributed by atoms with Crippen LogP contribution in [0.3, 0.4) is 0 Å². The largest absolute Gasteiger partial charge is 0.340 e. The highest BCUT2D eigenvalue weighted by Gasteiger charge is 2.10. The lowest BCUT2D eigenvalue weighted by atomic mass is 10.1. The van der Waals surface area contributed by atoms with Gasteiger partial charge in [-0.05, 0) is 48.4 Å². The van der Waals surface area contributed by atoms with E-state index in [1.807, 2.05) is 61.3 Å². The third-order valence-corrected chi connectivity index (χ3v) is 5.69. The van der Waals surface area contributed by atoms with Crippen LogP contribution < -0.4 is 10.7 Å². The van der Waals surface area contributed by atoms with Crippen molar-refractivity contribution in [1.82, 2.24) is 29.5 Å². The molecule has 0 atom stereocenters. The zero-order valence-electron chi connectivity index (χ0n) is 19.0. The van der Waals surface area contributed by atoms with Crippen molar-refractivity contribution in [1.29, 1.82) is 0 Å². The summed E-state index contributed by atoms with van der Waals surface area (Å²) < 4.78 is 4.14. The molecule has 0 amide bonds. The van der Waals surface area contributed by atoms with Crippen molar-refractivity contribution in [3.63, 3.8) is 0 Å². The Morgan fingerprint density at radius 2 is 1.91 bits per heavy atom. The minimum absolute atomic E-state index is 0.663. The average molecular weight is 449 g/mol. The average Bonchev–Trinajstić information content (AvgIpc) is 3.51. The van der Waals surface area contributed by atoms with Gasteiger partial charge in [-0.1, -0.05) is 24.3 Å². The Balaban J connectivity index is 1.40. The van der Waals surface area contributed by atoms with E-state index in [0.717, 1.165) is 44.9 Å². The van der Waals surface area contributed by atoms with Crippen LogP contribution in [0.2, 0.25) is 0 Å². The Morgan fingerprint density at radius 3 is 2.68 bits per heavy atom. The molecule has 3 heterocycles. The molecule has 0 radical (unpaired) electrons. The van der Waals surface area contributed by atoms with Gasteiger partial charge in [-0.2, -0.15) is 5.10 Å². The molecule has 0 fully saturated rings. The third kappa shape index (κ3) is 4.16. The molecule has 0 aliphatic rings. The minimum atomic E-state index is 0.663. The first kappa shape index (κ1) is 21.1. The number of fused-ring (bicyclic) bond motifs is 1. The van der Waals surface area contributed by atoms with E-state index in [0.29, 0.717) is 5.82 Å². The van der Waals surface area contributed by atoms with Gasteiger partial charge in [0.25, 0.3) is 0 Å². The molecule has 2 N–H and O–H groups in total. The molecular weight excluding hydrogens is 424 g/mol. The van der Waals surface area contributed by atoms with Gasteiger partial charge in [-0.25, -0.2) is 15.0 Å². The number of benzene rings is 2. The molecule has 0 saturated heterocycles. The zero-order valence-corrected chi connectivity index (χ0v) is 19.0. The molecule has 168 valence electrons. The maximum Gasteiger partial charge on any atom is 0.161 e. The van der Waals surface area contributed by atoms with Gasteiger partial charge in [-0.3, -0.25) is 9.99 Å². The number of anilines is 2. The van der Waals surface area contributed by atoms with Crippen LogP contribution in [0.1, 0.15) is 12.5 Å². The molecule has 8 nitrogen and oxygen atoms in total. The summed E-state index contributed by atoms with van der Waals surface area (Å²) in [4.78, 5) is 13.4. The number of aryl methyl sites for hydroxylation is 1. The summed E-state index contributed by atoms with van der Waals surface area (Å²) in [6.07, 6.45) is 9.10. The SMILES string of the molecule is C=NN/C=C(\C)c1ccc(Nc2ccnc(-c3ccc4cc(-n5ccnc5)n(C)c4c3)n2)cc1. The molecule has 2 aromatic carbocycles. The highest BCUT2D eigenvalue weighted by molar-refractivity contribution is 5.87. The zero-order chi connectivity index (χ0) is 23.5. The number of hydrogen-bond acceptors (Lipinski definition) is 6. The summed E-state index contributed by atoms with van der Waals surface area (Å²) in [5, 5.41) is 8.14. The molecule has 0 aliphatic heterocycles. The van der Waals surface area contributed by atoms with Gasteiger partial charge < -0.3 is 9.88 Å². The number of rotatable bonds is 7. The summed E-state index contributed by atoms with van der Waals surface area (Å²) in [6, 6.07) is 18.4. The van der Waals surface area contributed by atoms with E-state index in [1.165, 1.54) is 0 Å². The normalized spacial score (nSPS) is 11.5. The van der Waals surface area contributed by atoms with Crippen molar-refractivity contribution >= 4 is 34.7 Å². The number of nitrogens with one attached hydrogen (secondary N) is 2. The van der Waals surface area contributed by atoms with Crippen LogP contribution in [0.25, 0.3) is 33.7 Å². The molecule has 0 unspecified atom stereocenters. The number of imidazole rings is 1. The summed E-state index contributed by atoms with van der Waals surface area (Å²) in [6.45, 7) is 5.43. The van der Waals surface area contributed by atoms with Crippen molar-refractivity contribution in [3.8, 4) is 17.2 Å². The van der Waals surface area contributed by atoms with Crippen LogP contribution in [0.15, 0.2) is 90.8 Å². The third-order valence-electron chi connectivity index (χ3n) is 5.69. The molecule has 0 bridgehead atoms. The van der Waals surface area contributed by atoms with E-state index in [4.69, 9.17) is 4.98 Å². The van der Waals surface area contributed by atoms with E-state index in [-0.39, 0.29) is 0 Å². The monoisotopic (exact) mass is 448 g/mol. The summed E-state index contributed by atoms with van der Waals surface area (Å²) >= 11 is 0. The van der Waals surface area contributed by atoms with Crippen LogP contribution in [0, 0.1) is 0 Å². The number of allylic oxidation sites excluding steroid dienone is 1. The highest BCUT2D eigenvalue weighted by atomic mass is 15.3. The minimum Gasteiger partial charge on any atom is -0.340 e. The molecular formula is C26H24N8. The van der Waals surface area contributed by atoms with Gasteiger partial charge in [-0.15, -0.1) is 0 Å². The second kappa shape index (κ2) is 9.03. The Bertz CT molecular complexity index is 1480. The van der Waals surface area contributed by atoms with Crippen molar-refractivity contribution < 1.29 is 0 Å². The van der Waals surface area contributed by atoms with Gasteiger partial charge in [0.05, 0.1) is 5.52 Å². The highest BCUT2D eigenvalue weighted by Crippen LogP contribution is 2.27. The molecule has 0 aliphatic carbocycles. The van der Waals surface area contributed by atoms with Crippen LogP contribution in [-0.4, -0.2) is 30.8 Å². The summed E-state index contributed by atoms with van der Waals surface area (Å²) in [7, 11) is 2.05. The van der Waals surface area contributed by atoms with Crippen LogP contribution >= 0.6 is 0 Å². The maximum atomic E-state index is 4.74. The topological polar surface area (TPSA) is 85.0 Å². The second-order valence-corrected chi connectivity index (χ2v) is 7.89. The molecule has 3 aromatic heterocycles. The standard InChI is InChI=1S/C26H24N8/c1-18(16-30-27-2)19-6-8-22(9-7-19)31-24-10-11-29-26(32-24)21-5-4-20-15-25(33(3)23(20)14-21)34-13-12-28-17-34/h4-17,30H,2H2,1,3H3,(H,29,31,32)/b18-16+. The molecule has 34 heavy (non-hydrogen) atoms. The van der Waals surface area contributed by atoms with E-state index < -0.39 is 0 Å². The lowest BCUT2D eigenvalue weighted by Crippen LogP contribution is -1.99. The number of aromatic nitrogens is 5. The Hall–Kier alpha value is -4.72. The lowest BCUT2D eigenvalue weighted by molar-refractivity contribution is 0.867. The predicted molar refractivity (Wildman–Crippen MR) is 137 cm³/mol. The first-order valence-electron chi connectivity index (χ1n) is 10.8. The van der Waals surface area contributed by atoms with Gasteiger partial charge in [0.1, 0.15) is 18.0 Å². The van der Waals surface area contributed by atoms with Crippen molar-refractivity contribution in [3.05, 3.63) is 91.3 Å². The number of nitrogens with zero attached hydrogens (tertiary/aromatic N) is 6. The van der Waals surface area contributed by atoms with Crippen LogP contribution in [-0.2, 0) is 7.05 Å². The molecule has 0 saturated carbocycles. The number of hydrazone groups is 1. The maximum absolute atomic E-state index is 4.74. The molecule has 5 rings (SSSR count). The second-order valence-electron chi connectivity index (χ2n) is 7.89. The lowest BCUT2D eigenvalue weighted by Gasteiger charge is -2.09. The quantitative estimate of drug-likeness (QED) is 0.266. The van der Waals surface area contributed by atoms with Gasteiger partial charge >= 0.3 is 0 Å². The van der Waals surface area contributed by atoms with E-state index in [2.05, 4.69) is 61.4 Å². The number of hydrogen-bond donors (Lipinski definition) is 2. The first-order valence-corrected chi connectivity index (χ1v) is 10.8. The molecule has 8 heteroatoms. The smallest absolute Gasteiger partial charge is 0.161 e. The van der Waals surface area contributed by atoms with E-state index in [9.17, 15) is 0 Å². The predicted octanol–water partition coefficient (Wildman–Crippen LogP) is 5.13. The Labute approximate surface area is 197 Å². The fourth-order valence-corrected chi connectivity index (χ4v) is 3.85. The van der Waals surface area contributed by atoms with Gasteiger partial charge in [0.15, 0.2) is 5.82 Å². The Morgan fingerprint density at radius 1 is 1.06 bits per heavy atom. The first-order chi connectivity index (χ1) is 16.6. The van der Waals surface area contributed by atoms with Gasteiger partial charge in [0, 0.05) is 55.2 Å². The van der Waals surface area contributed by atoms with Crippen molar-refractivity contribution in [2.24, 2.45) is 12.1 Å². The fraction of sp³-hybridized carbons (Fsp3) is 0.0769. The molecule has 5 aromatic rings. The summed E-state index contributed by atoms with van der Waals surface area (Å²) in [5.74, 6) is 2.44. The van der Waals surface area contributed by atoms with Crippen LogP contribution in [0.5, 0.6) is 0 Å². The van der Waals surface area contributed by atoms with Gasteiger partial charge in [0.2, 0.25) is 0 Å². The van der Waals surface area contributed by atoms with E-state index in [1.54, 1.807) is 18.7 Å². The fourth-order valence-electron chi connectivity index (χ4n) is 3.85. The van der Waals surface area contributed by atoms with E-state index >= 15 is 0 Å². The van der Waals surface area contributed by atoms with Crippen LogP contribution in [0.4, 0.5) is 11.5 Å². The molecule has 0 spiro atoms.